The number of hydrogen-bond donors (Lipinski definition) is 1. The maximum absolute atomic E-state index is 5.28. The lowest BCUT2D eigenvalue weighted by Gasteiger charge is -2.09. The van der Waals surface area contributed by atoms with Crippen molar-refractivity contribution in [2.24, 2.45) is 0 Å². The molecule has 0 radical (unpaired) electrons. The Labute approximate surface area is 158 Å². The second-order valence-electron chi connectivity index (χ2n) is 6.22. The van der Waals surface area contributed by atoms with E-state index in [0.717, 1.165) is 40.5 Å². The van der Waals surface area contributed by atoms with Gasteiger partial charge in [0.1, 0.15) is 17.8 Å². The molecule has 5 heteroatoms. The van der Waals surface area contributed by atoms with E-state index in [2.05, 4.69) is 39.1 Å². The molecular formula is C22H21N3O2. The Morgan fingerprint density at radius 1 is 0.889 bits per heavy atom. The van der Waals surface area contributed by atoms with Crippen LogP contribution in [0.25, 0.3) is 16.7 Å². The Morgan fingerprint density at radius 2 is 1.70 bits per heavy atom. The van der Waals surface area contributed by atoms with Crippen molar-refractivity contribution in [2.75, 3.05) is 19.5 Å². The highest BCUT2D eigenvalue weighted by molar-refractivity contribution is 5.81. The minimum Gasteiger partial charge on any atom is -0.497 e. The summed E-state index contributed by atoms with van der Waals surface area (Å²) in [6, 6.07) is 22.2. The summed E-state index contributed by atoms with van der Waals surface area (Å²) in [5, 5.41) is 3.45. The zero-order valence-electron chi connectivity index (χ0n) is 15.3. The number of aromatic nitrogens is 2. The van der Waals surface area contributed by atoms with E-state index in [-0.39, 0.29) is 0 Å². The fourth-order valence-electron chi connectivity index (χ4n) is 3.06. The summed E-state index contributed by atoms with van der Waals surface area (Å²) in [4.78, 5) is 4.55. The van der Waals surface area contributed by atoms with Crippen molar-refractivity contribution in [3.63, 3.8) is 0 Å². The van der Waals surface area contributed by atoms with E-state index in [1.807, 2.05) is 48.8 Å². The van der Waals surface area contributed by atoms with Crippen LogP contribution < -0.4 is 14.8 Å². The summed E-state index contributed by atoms with van der Waals surface area (Å²) in [6.07, 6.45) is 1.85. The third-order valence-electron chi connectivity index (χ3n) is 4.53. The number of hydrogen-bond acceptors (Lipinski definition) is 4. The number of imidazole rings is 1. The van der Waals surface area contributed by atoms with Crippen LogP contribution in [0.4, 0.5) is 5.69 Å². The zero-order chi connectivity index (χ0) is 18.6. The van der Waals surface area contributed by atoms with E-state index in [1.54, 1.807) is 14.2 Å². The molecule has 0 bridgehead atoms. The van der Waals surface area contributed by atoms with Crippen molar-refractivity contribution in [1.29, 1.82) is 0 Å². The van der Waals surface area contributed by atoms with Gasteiger partial charge in [0.2, 0.25) is 0 Å². The fourth-order valence-corrected chi connectivity index (χ4v) is 3.06. The van der Waals surface area contributed by atoms with Gasteiger partial charge in [0.25, 0.3) is 0 Å². The molecule has 0 saturated heterocycles. The van der Waals surface area contributed by atoms with E-state index < -0.39 is 0 Å². The van der Waals surface area contributed by atoms with Crippen LogP contribution >= 0.6 is 0 Å². The van der Waals surface area contributed by atoms with Gasteiger partial charge in [-0.1, -0.05) is 12.1 Å². The number of fused-ring (bicyclic) bond motifs is 1. The highest BCUT2D eigenvalue weighted by Crippen LogP contribution is 2.23. The maximum Gasteiger partial charge on any atom is 0.119 e. The van der Waals surface area contributed by atoms with Gasteiger partial charge in [0.05, 0.1) is 25.3 Å². The highest BCUT2D eigenvalue weighted by atomic mass is 16.5. The molecule has 3 aromatic carbocycles. The first-order valence-corrected chi connectivity index (χ1v) is 8.75. The smallest absolute Gasteiger partial charge is 0.119 e. The van der Waals surface area contributed by atoms with Crippen molar-refractivity contribution in [3.05, 3.63) is 78.6 Å². The average molecular weight is 359 g/mol. The topological polar surface area (TPSA) is 48.3 Å². The molecule has 0 atom stereocenters. The number of benzene rings is 3. The fraction of sp³-hybridized carbons (Fsp3) is 0.136. The van der Waals surface area contributed by atoms with Gasteiger partial charge in [-0.05, 0) is 60.2 Å². The lowest BCUT2D eigenvalue weighted by atomic mass is 10.2. The van der Waals surface area contributed by atoms with Gasteiger partial charge in [0.15, 0.2) is 0 Å². The van der Waals surface area contributed by atoms with Gasteiger partial charge in [-0.3, -0.25) is 4.57 Å². The Balaban J connectivity index is 1.54. The molecule has 1 aromatic heterocycles. The van der Waals surface area contributed by atoms with Crippen LogP contribution in [0.2, 0.25) is 0 Å². The van der Waals surface area contributed by atoms with Crippen molar-refractivity contribution in [2.45, 2.75) is 6.54 Å². The lowest BCUT2D eigenvalue weighted by Crippen LogP contribution is -1.99. The maximum atomic E-state index is 5.28. The van der Waals surface area contributed by atoms with E-state index >= 15 is 0 Å². The summed E-state index contributed by atoms with van der Waals surface area (Å²) in [7, 11) is 3.35. The van der Waals surface area contributed by atoms with E-state index in [4.69, 9.17) is 9.47 Å². The lowest BCUT2D eigenvalue weighted by molar-refractivity contribution is 0.414. The molecule has 1 N–H and O–H groups in total. The second kappa shape index (κ2) is 7.41. The molecule has 0 unspecified atom stereocenters. The SMILES string of the molecule is COc1ccc(-n2cnc3cc(NCc4cccc(OC)c4)ccc32)cc1. The Hall–Kier alpha value is -3.47. The zero-order valence-corrected chi connectivity index (χ0v) is 15.3. The third kappa shape index (κ3) is 3.58. The van der Waals surface area contributed by atoms with Gasteiger partial charge in [-0.15, -0.1) is 0 Å². The van der Waals surface area contributed by atoms with Crippen LogP contribution in [0.5, 0.6) is 11.5 Å². The number of ether oxygens (including phenoxy) is 2. The molecule has 0 saturated carbocycles. The van der Waals surface area contributed by atoms with Crippen LogP contribution in [-0.4, -0.2) is 23.8 Å². The van der Waals surface area contributed by atoms with Crippen LogP contribution in [0, 0.1) is 0 Å². The molecule has 0 aliphatic heterocycles. The number of nitrogens with one attached hydrogen (secondary N) is 1. The van der Waals surface area contributed by atoms with Crippen molar-refractivity contribution in [3.8, 4) is 17.2 Å². The first-order chi connectivity index (χ1) is 13.3. The molecule has 5 nitrogen and oxygen atoms in total. The van der Waals surface area contributed by atoms with Crippen LogP contribution in [-0.2, 0) is 6.54 Å². The number of nitrogens with zero attached hydrogens (tertiary/aromatic N) is 2. The molecule has 4 aromatic rings. The summed E-state index contributed by atoms with van der Waals surface area (Å²) < 4.78 is 12.6. The van der Waals surface area contributed by atoms with Crippen molar-refractivity contribution in [1.82, 2.24) is 9.55 Å². The molecule has 0 amide bonds. The molecule has 0 fully saturated rings. The molecule has 0 aliphatic carbocycles. The molecule has 0 spiro atoms. The monoisotopic (exact) mass is 359 g/mol. The standard InChI is InChI=1S/C22H21N3O2/c1-26-19-9-7-18(8-10-19)25-15-24-21-13-17(6-11-22(21)25)23-14-16-4-3-5-20(12-16)27-2/h3-13,15,23H,14H2,1-2H3. The molecule has 1 heterocycles. The minimum absolute atomic E-state index is 0.724. The summed E-state index contributed by atoms with van der Waals surface area (Å²) in [5.41, 5.74) is 5.26. The normalized spacial score (nSPS) is 10.7. The van der Waals surface area contributed by atoms with E-state index in [1.165, 1.54) is 5.56 Å². The second-order valence-corrected chi connectivity index (χ2v) is 6.22. The van der Waals surface area contributed by atoms with Gasteiger partial charge in [0, 0.05) is 17.9 Å². The Bertz CT molecular complexity index is 1050. The molecule has 4 rings (SSSR count). The van der Waals surface area contributed by atoms with Crippen LogP contribution in [0.15, 0.2) is 73.1 Å². The van der Waals surface area contributed by atoms with Gasteiger partial charge < -0.3 is 14.8 Å². The number of anilines is 1. The average Bonchev–Trinajstić information content (AvgIpc) is 3.15. The van der Waals surface area contributed by atoms with Crippen LogP contribution in [0.1, 0.15) is 5.56 Å². The molecule has 136 valence electrons. The van der Waals surface area contributed by atoms with Crippen LogP contribution in [0.3, 0.4) is 0 Å². The largest absolute Gasteiger partial charge is 0.497 e. The molecule has 27 heavy (non-hydrogen) atoms. The number of rotatable bonds is 6. The van der Waals surface area contributed by atoms with Gasteiger partial charge in [-0.2, -0.15) is 0 Å². The summed E-state index contributed by atoms with van der Waals surface area (Å²) in [6.45, 7) is 0.724. The molecule has 0 aliphatic rings. The quantitative estimate of drug-likeness (QED) is 0.544. The number of methoxy groups -OCH3 is 2. The third-order valence-corrected chi connectivity index (χ3v) is 4.53. The molecular weight excluding hydrogens is 338 g/mol. The summed E-state index contributed by atoms with van der Waals surface area (Å²) in [5.74, 6) is 1.70. The first-order valence-electron chi connectivity index (χ1n) is 8.75. The minimum atomic E-state index is 0.724. The first kappa shape index (κ1) is 17.0. The van der Waals surface area contributed by atoms with Crippen molar-refractivity contribution >= 4 is 16.7 Å². The Kier molecular flexibility index (Phi) is 4.66. The Morgan fingerprint density at radius 3 is 2.48 bits per heavy atom. The predicted octanol–water partition coefficient (Wildman–Crippen LogP) is 4.65. The predicted molar refractivity (Wildman–Crippen MR) is 108 cm³/mol. The van der Waals surface area contributed by atoms with Gasteiger partial charge >= 0.3 is 0 Å². The van der Waals surface area contributed by atoms with E-state index in [0.29, 0.717) is 0 Å². The van der Waals surface area contributed by atoms with Gasteiger partial charge in [-0.25, -0.2) is 4.98 Å². The summed E-state index contributed by atoms with van der Waals surface area (Å²) >= 11 is 0. The van der Waals surface area contributed by atoms with Crippen molar-refractivity contribution < 1.29 is 9.47 Å². The highest BCUT2D eigenvalue weighted by Gasteiger charge is 2.06. The van der Waals surface area contributed by atoms with E-state index in [9.17, 15) is 0 Å².